The zero-order chi connectivity index (χ0) is 8.81. The van der Waals surface area contributed by atoms with Crippen LogP contribution in [0.25, 0.3) is 0 Å². The SMILES string of the molecule is N#CCCC(=O)c1cc[c]cc1. The molecule has 0 unspecified atom stereocenters. The van der Waals surface area contributed by atoms with Gasteiger partial charge >= 0.3 is 0 Å². The van der Waals surface area contributed by atoms with Gasteiger partial charge in [-0.25, -0.2) is 0 Å². The van der Waals surface area contributed by atoms with Gasteiger partial charge in [0.05, 0.1) is 6.07 Å². The van der Waals surface area contributed by atoms with Crippen LogP contribution in [0.15, 0.2) is 24.3 Å². The number of carbonyl (C=O) groups excluding carboxylic acids is 1. The normalized spacial score (nSPS) is 8.92. The van der Waals surface area contributed by atoms with E-state index in [-0.39, 0.29) is 12.2 Å². The molecule has 0 aliphatic heterocycles. The molecule has 0 fully saturated rings. The fourth-order valence-corrected chi connectivity index (χ4v) is 0.887. The van der Waals surface area contributed by atoms with E-state index in [9.17, 15) is 4.79 Å². The van der Waals surface area contributed by atoms with Crippen molar-refractivity contribution >= 4 is 5.78 Å². The Labute approximate surface area is 71.4 Å². The van der Waals surface area contributed by atoms with E-state index in [1.54, 1.807) is 24.3 Å². The van der Waals surface area contributed by atoms with Gasteiger partial charge in [0, 0.05) is 18.4 Å². The third-order valence-corrected chi connectivity index (χ3v) is 1.50. The first-order chi connectivity index (χ1) is 5.84. The Bertz CT molecular complexity index is 297. The topological polar surface area (TPSA) is 40.9 Å². The second-order valence-corrected chi connectivity index (χ2v) is 2.37. The fraction of sp³-hybridized carbons (Fsp3) is 0.200. The number of carbonyl (C=O) groups is 1. The highest BCUT2D eigenvalue weighted by molar-refractivity contribution is 5.96. The summed E-state index contributed by atoms with van der Waals surface area (Å²) in [6, 6.07) is 11.6. The van der Waals surface area contributed by atoms with E-state index in [4.69, 9.17) is 5.26 Å². The average Bonchev–Trinajstić information content (AvgIpc) is 2.15. The van der Waals surface area contributed by atoms with Crippen LogP contribution in [-0.2, 0) is 0 Å². The van der Waals surface area contributed by atoms with Crippen molar-refractivity contribution in [1.29, 1.82) is 5.26 Å². The standard InChI is InChI=1S/C10H8NO/c11-8-4-7-10(12)9-5-2-1-3-6-9/h2-3,5-6H,4,7H2. The van der Waals surface area contributed by atoms with E-state index in [1.807, 2.05) is 6.07 Å². The van der Waals surface area contributed by atoms with Gasteiger partial charge in [-0.3, -0.25) is 4.79 Å². The molecule has 1 radical (unpaired) electrons. The van der Waals surface area contributed by atoms with Gasteiger partial charge in [0.2, 0.25) is 0 Å². The highest BCUT2D eigenvalue weighted by Gasteiger charge is 2.02. The third kappa shape index (κ3) is 2.21. The Hall–Kier alpha value is -1.62. The number of nitriles is 1. The number of rotatable bonds is 3. The third-order valence-electron chi connectivity index (χ3n) is 1.50. The maximum absolute atomic E-state index is 11.2. The molecule has 59 valence electrons. The summed E-state index contributed by atoms with van der Waals surface area (Å²) in [4.78, 5) is 11.2. The summed E-state index contributed by atoms with van der Waals surface area (Å²) in [6.45, 7) is 0. The van der Waals surface area contributed by atoms with Gasteiger partial charge in [0.1, 0.15) is 0 Å². The molecule has 0 atom stereocenters. The molecule has 0 bridgehead atoms. The molecule has 1 rings (SSSR count). The Morgan fingerprint density at radius 1 is 1.50 bits per heavy atom. The molecule has 0 amide bonds. The molecule has 0 aliphatic carbocycles. The maximum atomic E-state index is 11.2. The van der Waals surface area contributed by atoms with Crippen LogP contribution >= 0.6 is 0 Å². The minimum atomic E-state index is 0.0190. The largest absolute Gasteiger partial charge is 0.294 e. The summed E-state index contributed by atoms with van der Waals surface area (Å²) in [5.74, 6) is 0.0190. The molecule has 0 heterocycles. The lowest BCUT2D eigenvalue weighted by Gasteiger charge is -1.95. The molecule has 2 nitrogen and oxygen atoms in total. The number of hydrogen-bond donors (Lipinski definition) is 0. The highest BCUT2D eigenvalue weighted by Crippen LogP contribution is 2.03. The van der Waals surface area contributed by atoms with Crippen molar-refractivity contribution in [2.24, 2.45) is 0 Å². The Morgan fingerprint density at radius 3 is 2.75 bits per heavy atom. The first kappa shape index (κ1) is 8.48. The molecule has 1 aromatic rings. The van der Waals surface area contributed by atoms with Crippen LogP contribution in [0.1, 0.15) is 23.2 Å². The van der Waals surface area contributed by atoms with Gasteiger partial charge in [-0.15, -0.1) is 0 Å². The van der Waals surface area contributed by atoms with Crippen molar-refractivity contribution in [2.45, 2.75) is 12.8 Å². The van der Waals surface area contributed by atoms with Crippen molar-refractivity contribution in [3.05, 3.63) is 35.9 Å². The van der Waals surface area contributed by atoms with Crippen LogP contribution in [0.4, 0.5) is 0 Å². The second-order valence-electron chi connectivity index (χ2n) is 2.37. The average molecular weight is 158 g/mol. The van der Waals surface area contributed by atoms with E-state index in [0.717, 1.165) is 0 Å². The predicted octanol–water partition coefficient (Wildman–Crippen LogP) is 1.97. The van der Waals surface area contributed by atoms with E-state index < -0.39 is 0 Å². The van der Waals surface area contributed by atoms with Crippen LogP contribution < -0.4 is 0 Å². The van der Waals surface area contributed by atoms with Crippen molar-refractivity contribution in [2.75, 3.05) is 0 Å². The first-order valence-electron chi connectivity index (χ1n) is 3.71. The number of benzene rings is 1. The van der Waals surface area contributed by atoms with E-state index in [2.05, 4.69) is 6.07 Å². The lowest BCUT2D eigenvalue weighted by molar-refractivity contribution is 0.0984. The summed E-state index contributed by atoms with van der Waals surface area (Å²) in [7, 11) is 0. The molecule has 0 saturated heterocycles. The van der Waals surface area contributed by atoms with Crippen molar-refractivity contribution in [1.82, 2.24) is 0 Å². The van der Waals surface area contributed by atoms with Gasteiger partial charge < -0.3 is 0 Å². The summed E-state index contributed by atoms with van der Waals surface area (Å²) in [5.41, 5.74) is 0.656. The minimum absolute atomic E-state index is 0.0190. The summed E-state index contributed by atoms with van der Waals surface area (Å²) in [6.07, 6.45) is 0.595. The first-order valence-corrected chi connectivity index (χ1v) is 3.71. The van der Waals surface area contributed by atoms with Crippen LogP contribution in [0.2, 0.25) is 0 Å². The van der Waals surface area contributed by atoms with Gasteiger partial charge in [-0.1, -0.05) is 24.3 Å². The number of hydrogen-bond acceptors (Lipinski definition) is 2. The van der Waals surface area contributed by atoms with E-state index in [0.29, 0.717) is 12.0 Å². The Kier molecular flexibility index (Phi) is 3.04. The van der Waals surface area contributed by atoms with Crippen LogP contribution in [0.5, 0.6) is 0 Å². The predicted molar refractivity (Wildman–Crippen MR) is 44.5 cm³/mol. The van der Waals surface area contributed by atoms with Gasteiger partial charge in [-0.2, -0.15) is 5.26 Å². The van der Waals surface area contributed by atoms with Crippen LogP contribution in [0, 0.1) is 17.4 Å². The zero-order valence-electron chi connectivity index (χ0n) is 6.58. The summed E-state index contributed by atoms with van der Waals surface area (Å²) in [5, 5.41) is 8.25. The smallest absolute Gasteiger partial charge is 0.163 e. The molecule has 0 N–H and O–H groups in total. The fourth-order valence-electron chi connectivity index (χ4n) is 0.887. The van der Waals surface area contributed by atoms with Crippen LogP contribution in [0.3, 0.4) is 0 Å². The summed E-state index contributed by atoms with van der Waals surface area (Å²) >= 11 is 0. The van der Waals surface area contributed by atoms with Gasteiger partial charge in [0.15, 0.2) is 5.78 Å². The van der Waals surface area contributed by atoms with Crippen molar-refractivity contribution < 1.29 is 4.79 Å². The molecule has 0 spiro atoms. The molecular formula is C10H8NO. The lowest BCUT2D eigenvalue weighted by Crippen LogP contribution is -1.97. The van der Waals surface area contributed by atoms with Crippen LogP contribution in [-0.4, -0.2) is 5.78 Å². The number of Topliss-reactive ketones (excluding diaryl/α,β-unsaturated/α-hetero) is 1. The van der Waals surface area contributed by atoms with Crippen molar-refractivity contribution in [3.8, 4) is 6.07 Å². The maximum Gasteiger partial charge on any atom is 0.163 e. The molecule has 0 aromatic heterocycles. The Morgan fingerprint density at radius 2 is 2.17 bits per heavy atom. The molecule has 0 aliphatic rings. The molecule has 1 aromatic carbocycles. The monoisotopic (exact) mass is 158 g/mol. The molecule has 12 heavy (non-hydrogen) atoms. The molecule has 2 heteroatoms. The summed E-state index contributed by atoms with van der Waals surface area (Å²) < 4.78 is 0. The zero-order valence-corrected chi connectivity index (χ0v) is 6.58. The second kappa shape index (κ2) is 4.30. The number of ketones is 1. The van der Waals surface area contributed by atoms with Gasteiger partial charge in [0.25, 0.3) is 0 Å². The Balaban J connectivity index is 2.61. The minimum Gasteiger partial charge on any atom is -0.294 e. The van der Waals surface area contributed by atoms with E-state index >= 15 is 0 Å². The van der Waals surface area contributed by atoms with Crippen molar-refractivity contribution in [3.63, 3.8) is 0 Å². The lowest BCUT2D eigenvalue weighted by atomic mass is 10.1. The quantitative estimate of drug-likeness (QED) is 0.631. The number of nitrogens with zero attached hydrogens (tertiary/aromatic N) is 1. The molecular weight excluding hydrogens is 150 g/mol. The highest BCUT2D eigenvalue weighted by atomic mass is 16.1. The molecule has 0 saturated carbocycles. The van der Waals surface area contributed by atoms with Gasteiger partial charge in [-0.05, 0) is 6.07 Å². The van der Waals surface area contributed by atoms with E-state index in [1.165, 1.54) is 0 Å².